The van der Waals surface area contributed by atoms with E-state index in [9.17, 15) is 4.79 Å². The molecule has 1 heterocycles. The van der Waals surface area contributed by atoms with Crippen LogP contribution in [0.3, 0.4) is 0 Å². The Hall–Kier alpha value is -2.08. The van der Waals surface area contributed by atoms with Crippen molar-refractivity contribution in [1.82, 2.24) is 14.8 Å². The number of carbonyl (C=O) groups is 1. The Morgan fingerprint density at radius 3 is 2.48 bits per heavy atom. The second-order valence-corrected chi connectivity index (χ2v) is 7.45. The molecule has 0 aliphatic rings. The van der Waals surface area contributed by atoms with E-state index in [1.54, 1.807) is 12.4 Å². The zero-order valence-corrected chi connectivity index (χ0v) is 16.1. The van der Waals surface area contributed by atoms with Crippen LogP contribution in [-0.2, 0) is 11.3 Å². The Morgan fingerprint density at radius 2 is 1.92 bits per heavy atom. The van der Waals surface area contributed by atoms with Gasteiger partial charge in [-0.1, -0.05) is 63.7 Å². The minimum Gasteiger partial charge on any atom is -0.325 e. The molecule has 1 aromatic heterocycles. The number of aromatic nitrogens is 3. The molecule has 1 amide bonds. The molecule has 0 spiro atoms. The number of allylic oxidation sites excluding steroid dienone is 1. The van der Waals surface area contributed by atoms with Gasteiger partial charge in [-0.25, -0.2) is 0 Å². The molecule has 0 saturated heterocycles. The highest BCUT2D eigenvalue weighted by Crippen LogP contribution is 2.32. The van der Waals surface area contributed by atoms with Gasteiger partial charge < -0.3 is 9.88 Å². The number of nitrogens with one attached hydrogen (secondary N) is 1. The normalized spacial score (nSPS) is 11.1. The Bertz CT molecular complexity index is 711. The van der Waals surface area contributed by atoms with Crippen LogP contribution in [-0.4, -0.2) is 26.4 Å². The first kappa shape index (κ1) is 19.2. The average Bonchev–Trinajstić information content (AvgIpc) is 3.00. The maximum atomic E-state index is 12.5. The van der Waals surface area contributed by atoms with Crippen LogP contribution >= 0.6 is 11.8 Å². The summed E-state index contributed by atoms with van der Waals surface area (Å²) in [5.74, 6) is 0.947. The fourth-order valence-corrected chi connectivity index (χ4v) is 3.35. The standard InChI is InChI=1S/C19H26N4OS/c1-6-10-23-12-20-22-19(23)25-11-17(24)21-18-15(13(2)3)8-7-9-16(18)14(4)5/h6-9,12-14H,1,10-11H2,2-5H3,(H,21,24). The summed E-state index contributed by atoms with van der Waals surface area (Å²) in [5.41, 5.74) is 3.28. The largest absolute Gasteiger partial charge is 0.325 e. The lowest BCUT2D eigenvalue weighted by Crippen LogP contribution is -2.18. The second-order valence-electron chi connectivity index (χ2n) is 6.51. The van der Waals surface area contributed by atoms with E-state index in [2.05, 4.69) is 68.0 Å². The van der Waals surface area contributed by atoms with Crippen molar-refractivity contribution >= 4 is 23.4 Å². The molecule has 25 heavy (non-hydrogen) atoms. The van der Waals surface area contributed by atoms with Gasteiger partial charge in [-0.3, -0.25) is 4.79 Å². The number of nitrogens with zero attached hydrogens (tertiary/aromatic N) is 3. The van der Waals surface area contributed by atoms with Crippen molar-refractivity contribution in [3.63, 3.8) is 0 Å². The second kappa shape index (κ2) is 8.85. The van der Waals surface area contributed by atoms with Crippen LogP contribution in [0.4, 0.5) is 5.69 Å². The van der Waals surface area contributed by atoms with E-state index in [-0.39, 0.29) is 5.91 Å². The molecule has 0 radical (unpaired) electrons. The van der Waals surface area contributed by atoms with E-state index in [4.69, 9.17) is 0 Å². The minimum absolute atomic E-state index is 0.0341. The van der Waals surface area contributed by atoms with Gasteiger partial charge in [-0.2, -0.15) is 0 Å². The van der Waals surface area contributed by atoms with Crippen LogP contribution in [0.15, 0.2) is 42.3 Å². The molecule has 0 unspecified atom stereocenters. The predicted molar refractivity (Wildman–Crippen MR) is 104 cm³/mol. The van der Waals surface area contributed by atoms with Crippen LogP contribution in [0, 0.1) is 0 Å². The van der Waals surface area contributed by atoms with Crippen molar-refractivity contribution in [1.29, 1.82) is 0 Å². The summed E-state index contributed by atoms with van der Waals surface area (Å²) in [4.78, 5) is 12.5. The number of carbonyl (C=O) groups excluding carboxylic acids is 1. The van der Waals surface area contributed by atoms with E-state index in [1.165, 1.54) is 22.9 Å². The highest BCUT2D eigenvalue weighted by atomic mass is 32.2. The van der Waals surface area contributed by atoms with Gasteiger partial charge in [0.1, 0.15) is 6.33 Å². The summed E-state index contributed by atoms with van der Waals surface area (Å²) < 4.78 is 1.87. The average molecular weight is 359 g/mol. The molecular weight excluding hydrogens is 332 g/mol. The lowest BCUT2D eigenvalue weighted by molar-refractivity contribution is -0.113. The zero-order valence-electron chi connectivity index (χ0n) is 15.3. The number of amides is 1. The monoisotopic (exact) mass is 358 g/mol. The number of hydrogen-bond donors (Lipinski definition) is 1. The number of thioether (sulfide) groups is 1. The Kier molecular flexibility index (Phi) is 6.82. The molecule has 5 nitrogen and oxygen atoms in total. The predicted octanol–water partition coefficient (Wildman–Crippen LogP) is 4.44. The first-order valence-corrected chi connectivity index (χ1v) is 9.46. The molecule has 1 N–H and O–H groups in total. The Morgan fingerprint density at radius 1 is 1.28 bits per heavy atom. The molecule has 0 aliphatic carbocycles. The van der Waals surface area contributed by atoms with Gasteiger partial charge in [0.25, 0.3) is 0 Å². The number of rotatable bonds is 8. The van der Waals surface area contributed by atoms with Gasteiger partial charge in [0.05, 0.1) is 5.75 Å². The maximum Gasteiger partial charge on any atom is 0.234 e. The smallest absolute Gasteiger partial charge is 0.234 e. The van der Waals surface area contributed by atoms with Crippen molar-refractivity contribution < 1.29 is 4.79 Å². The first-order valence-electron chi connectivity index (χ1n) is 8.48. The Labute approximate surface area is 153 Å². The topological polar surface area (TPSA) is 59.8 Å². The highest BCUT2D eigenvalue weighted by molar-refractivity contribution is 7.99. The summed E-state index contributed by atoms with van der Waals surface area (Å²) in [5, 5.41) is 11.8. The van der Waals surface area contributed by atoms with Gasteiger partial charge in [-0.05, 0) is 23.0 Å². The van der Waals surface area contributed by atoms with Crippen LogP contribution in [0.1, 0.15) is 50.7 Å². The molecule has 2 aromatic rings. The molecule has 0 saturated carbocycles. The van der Waals surface area contributed by atoms with Crippen molar-refractivity contribution in [3.8, 4) is 0 Å². The van der Waals surface area contributed by atoms with Crippen molar-refractivity contribution in [2.24, 2.45) is 0 Å². The molecule has 134 valence electrons. The first-order chi connectivity index (χ1) is 11.9. The third-order valence-electron chi connectivity index (χ3n) is 3.88. The van der Waals surface area contributed by atoms with Gasteiger partial charge in [0, 0.05) is 12.2 Å². The molecule has 0 bridgehead atoms. The lowest BCUT2D eigenvalue weighted by Gasteiger charge is -2.20. The molecule has 0 fully saturated rings. The highest BCUT2D eigenvalue weighted by Gasteiger charge is 2.16. The number of benzene rings is 1. The van der Waals surface area contributed by atoms with Crippen molar-refractivity contribution in [2.45, 2.75) is 51.2 Å². The zero-order chi connectivity index (χ0) is 18.4. The van der Waals surface area contributed by atoms with E-state index in [0.717, 1.165) is 10.8 Å². The van der Waals surface area contributed by atoms with Gasteiger partial charge >= 0.3 is 0 Å². The summed E-state index contributed by atoms with van der Waals surface area (Å²) >= 11 is 1.38. The lowest BCUT2D eigenvalue weighted by atomic mass is 9.92. The number of para-hydroxylation sites is 1. The van der Waals surface area contributed by atoms with Crippen LogP contribution in [0.5, 0.6) is 0 Å². The molecule has 6 heteroatoms. The van der Waals surface area contributed by atoms with Crippen molar-refractivity contribution in [2.75, 3.05) is 11.1 Å². The van der Waals surface area contributed by atoms with E-state index in [0.29, 0.717) is 24.1 Å². The third kappa shape index (κ3) is 4.95. The van der Waals surface area contributed by atoms with Crippen molar-refractivity contribution in [3.05, 3.63) is 48.3 Å². The SMILES string of the molecule is C=CCn1cnnc1SCC(=O)Nc1c(C(C)C)cccc1C(C)C. The summed E-state index contributed by atoms with van der Waals surface area (Å²) in [6.07, 6.45) is 3.42. The fraction of sp³-hybridized carbons (Fsp3) is 0.421. The molecule has 0 aliphatic heterocycles. The van der Waals surface area contributed by atoms with Gasteiger partial charge in [0.15, 0.2) is 5.16 Å². The maximum absolute atomic E-state index is 12.5. The number of anilines is 1. The van der Waals surface area contributed by atoms with E-state index in [1.807, 2.05) is 4.57 Å². The molecular formula is C19H26N4OS. The summed E-state index contributed by atoms with van der Waals surface area (Å²) in [7, 11) is 0. The Balaban J connectivity index is 2.12. The third-order valence-corrected chi connectivity index (χ3v) is 4.86. The van der Waals surface area contributed by atoms with E-state index >= 15 is 0 Å². The quantitative estimate of drug-likeness (QED) is 0.560. The summed E-state index contributed by atoms with van der Waals surface area (Å²) in [6.45, 7) is 12.9. The minimum atomic E-state index is -0.0341. The fourth-order valence-electron chi connectivity index (χ4n) is 2.62. The summed E-state index contributed by atoms with van der Waals surface area (Å²) in [6, 6.07) is 6.23. The van der Waals surface area contributed by atoms with Crippen LogP contribution in [0.2, 0.25) is 0 Å². The van der Waals surface area contributed by atoms with E-state index < -0.39 is 0 Å². The molecule has 2 rings (SSSR count). The molecule has 1 aromatic carbocycles. The molecule has 0 atom stereocenters. The van der Waals surface area contributed by atoms with Crippen LogP contribution < -0.4 is 5.32 Å². The van der Waals surface area contributed by atoms with Gasteiger partial charge in [0.2, 0.25) is 5.91 Å². The van der Waals surface area contributed by atoms with Crippen LogP contribution in [0.25, 0.3) is 0 Å². The van der Waals surface area contributed by atoms with Gasteiger partial charge in [-0.15, -0.1) is 16.8 Å². The number of hydrogen-bond acceptors (Lipinski definition) is 4.